The zero-order valence-electron chi connectivity index (χ0n) is 15.7. The Morgan fingerprint density at radius 1 is 0.750 bits per heavy atom. The van der Waals surface area contributed by atoms with Crippen LogP contribution in [0.4, 0.5) is 17.3 Å². The maximum Gasteiger partial charge on any atom is 0.673 e. The Morgan fingerprint density at radius 3 is 1.54 bits per heavy atom. The Balaban J connectivity index is 0.000000403. The van der Waals surface area contributed by atoms with Gasteiger partial charge in [0.25, 0.3) is 0 Å². The average Bonchev–Trinajstić information content (AvgIpc) is 3.32. The molecule has 0 radical (unpaired) electrons. The second-order valence-corrected chi connectivity index (χ2v) is 7.23. The van der Waals surface area contributed by atoms with E-state index >= 15 is 0 Å². The van der Waals surface area contributed by atoms with Crippen molar-refractivity contribution in [2.24, 2.45) is 0 Å². The molecule has 0 N–H and O–H groups in total. The van der Waals surface area contributed by atoms with E-state index in [1.54, 1.807) is 0 Å². The minimum absolute atomic E-state index is 0.502. The number of likely N-dealkylation sites (tertiary alicyclic amines) is 1. The number of rotatable bonds is 3. The van der Waals surface area contributed by atoms with Gasteiger partial charge in [-0.05, 0) is 36.8 Å². The fourth-order valence-electron chi connectivity index (χ4n) is 4.07. The minimum Gasteiger partial charge on any atom is -0.418 e. The smallest absolute Gasteiger partial charge is 0.418 e. The molecule has 2 fully saturated rings. The molecule has 0 amide bonds. The quantitative estimate of drug-likeness (QED) is 0.281. The van der Waals surface area contributed by atoms with Gasteiger partial charge in [0, 0.05) is 0 Å². The molecule has 2 heterocycles. The summed E-state index contributed by atoms with van der Waals surface area (Å²) in [7, 11) is -6.00. The van der Waals surface area contributed by atoms with Crippen LogP contribution in [0.3, 0.4) is 0 Å². The summed E-state index contributed by atoms with van der Waals surface area (Å²) in [6.45, 7) is 2.42. The van der Waals surface area contributed by atoms with Gasteiger partial charge in [0.05, 0.1) is 13.1 Å². The predicted molar refractivity (Wildman–Crippen MR) is 105 cm³/mol. The molecule has 0 bridgehead atoms. The number of halogens is 4. The van der Waals surface area contributed by atoms with Crippen molar-refractivity contribution in [2.75, 3.05) is 13.1 Å². The lowest BCUT2D eigenvalue weighted by molar-refractivity contribution is -0.506. The molecule has 4 rings (SSSR count). The van der Waals surface area contributed by atoms with Crippen LogP contribution in [0.1, 0.15) is 48.9 Å². The van der Waals surface area contributed by atoms with E-state index < -0.39 is 7.25 Å². The fourth-order valence-corrected chi connectivity index (χ4v) is 4.07. The number of hydrogen-bond donors (Lipinski definition) is 0. The molecule has 2 nitrogen and oxygen atoms in total. The van der Waals surface area contributed by atoms with Crippen LogP contribution >= 0.6 is 0 Å². The Hall–Kier alpha value is -2.31. The first kappa shape index (κ1) is 20.4. The summed E-state index contributed by atoms with van der Waals surface area (Å²) in [6.07, 6.45) is 7.55. The van der Waals surface area contributed by atoms with Crippen LogP contribution in [0.5, 0.6) is 0 Å². The lowest BCUT2D eigenvalue weighted by Crippen LogP contribution is -2.29. The van der Waals surface area contributed by atoms with Crippen molar-refractivity contribution in [3.05, 3.63) is 71.8 Å². The summed E-state index contributed by atoms with van der Waals surface area (Å²) in [6, 6.07) is 23.0. The van der Waals surface area contributed by atoms with Gasteiger partial charge in [-0.25, -0.2) is 0 Å². The third-order valence-electron chi connectivity index (χ3n) is 5.24. The second-order valence-electron chi connectivity index (χ2n) is 7.23. The lowest BCUT2D eigenvalue weighted by atomic mass is 10.0. The van der Waals surface area contributed by atoms with Crippen molar-refractivity contribution in [1.82, 2.24) is 4.90 Å². The molecular weight excluding hydrogens is 367 g/mol. The van der Waals surface area contributed by atoms with Crippen molar-refractivity contribution >= 4 is 13.6 Å². The molecule has 0 unspecified atom stereocenters. The van der Waals surface area contributed by atoms with E-state index in [2.05, 4.69) is 76.5 Å². The molecule has 2 atom stereocenters. The Labute approximate surface area is 163 Å². The van der Waals surface area contributed by atoms with E-state index in [0.29, 0.717) is 12.1 Å². The van der Waals surface area contributed by atoms with Crippen molar-refractivity contribution in [3.63, 3.8) is 0 Å². The second kappa shape index (κ2) is 9.26. The lowest BCUT2D eigenvalue weighted by Gasteiger charge is -2.23. The third kappa shape index (κ3) is 5.84. The molecule has 150 valence electrons. The van der Waals surface area contributed by atoms with E-state index in [9.17, 15) is 17.3 Å². The van der Waals surface area contributed by atoms with Gasteiger partial charge in [-0.2, -0.15) is 0 Å². The zero-order chi connectivity index (χ0) is 20.0. The van der Waals surface area contributed by atoms with Crippen LogP contribution in [0.25, 0.3) is 0 Å². The fraction of sp³-hybridized carbons (Fsp3) is 0.381. The number of benzene rings is 2. The molecule has 2 aromatic carbocycles. The highest BCUT2D eigenvalue weighted by Gasteiger charge is 2.39. The SMILES string of the molecule is C(N1[C@@H](c2ccccc2)CC[C@@H]1c1ccccc1)=[N+]1CCCC1.F[B-](F)(F)F. The molecular formula is C21H25BF4N2. The Morgan fingerprint density at radius 2 is 1.14 bits per heavy atom. The summed E-state index contributed by atoms with van der Waals surface area (Å²) in [5, 5.41) is 0. The van der Waals surface area contributed by atoms with Crippen LogP contribution in [-0.4, -0.2) is 36.2 Å². The standard InChI is InChI=1S/C21H25N2.BF4/c1-3-9-18(10-4-1)20-13-14-21(19-11-5-2-6-12-19)23(20)17-22-15-7-8-16-22;2-1(3,4)5/h1-6,9-12,17,20-21H,7-8,13-16H2;/q+1;-1/t20-,21-;/m1./s1. The van der Waals surface area contributed by atoms with Gasteiger partial charge in [0.15, 0.2) is 0 Å². The molecule has 2 aromatic rings. The maximum atomic E-state index is 9.75. The molecule has 7 heteroatoms. The highest BCUT2D eigenvalue weighted by molar-refractivity contribution is 6.50. The van der Waals surface area contributed by atoms with Gasteiger partial charge in [-0.15, -0.1) is 0 Å². The summed E-state index contributed by atoms with van der Waals surface area (Å²) >= 11 is 0. The van der Waals surface area contributed by atoms with Crippen LogP contribution in [0.15, 0.2) is 60.7 Å². The summed E-state index contributed by atoms with van der Waals surface area (Å²) in [5.41, 5.74) is 2.89. The largest absolute Gasteiger partial charge is 0.673 e. The van der Waals surface area contributed by atoms with E-state index in [0.717, 1.165) is 0 Å². The first-order chi connectivity index (χ1) is 13.4. The predicted octanol–water partition coefficient (Wildman–Crippen LogP) is 5.70. The minimum atomic E-state index is -6.00. The Bertz CT molecular complexity index is 703. The summed E-state index contributed by atoms with van der Waals surface area (Å²) < 4.78 is 41.5. The first-order valence-electron chi connectivity index (χ1n) is 9.75. The van der Waals surface area contributed by atoms with Crippen LogP contribution in [0, 0.1) is 0 Å². The highest BCUT2D eigenvalue weighted by atomic mass is 19.5. The van der Waals surface area contributed by atoms with Gasteiger partial charge in [-0.3, -0.25) is 9.48 Å². The average molecular weight is 392 g/mol. The molecule has 2 saturated heterocycles. The van der Waals surface area contributed by atoms with E-state index in [4.69, 9.17) is 0 Å². The van der Waals surface area contributed by atoms with Crippen LogP contribution < -0.4 is 0 Å². The highest BCUT2D eigenvalue weighted by Crippen LogP contribution is 2.42. The number of hydrogen-bond acceptors (Lipinski definition) is 0. The topological polar surface area (TPSA) is 6.25 Å². The van der Waals surface area contributed by atoms with Crippen molar-refractivity contribution < 1.29 is 21.8 Å². The first-order valence-corrected chi connectivity index (χ1v) is 9.75. The van der Waals surface area contributed by atoms with Crippen molar-refractivity contribution in [1.29, 1.82) is 0 Å². The van der Waals surface area contributed by atoms with E-state index in [1.165, 1.54) is 49.9 Å². The van der Waals surface area contributed by atoms with Crippen LogP contribution in [-0.2, 0) is 0 Å². The summed E-state index contributed by atoms with van der Waals surface area (Å²) in [4.78, 5) is 2.62. The maximum absolute atomic E-state index is 9.75. The molecule has 2 aliphatic heterocycles. The van der Waals surface area contributed by atoms with Crippen LogP contribution in [0.2, 0.25) is 0 Å². The molecule has 0 aliphatic carbocycles. The van der Waals surface area contributed by atoms with Gasteiger partial charge >= 0.3 is 7.25 Å². The normalized spacial score (nSPS) is 22.0. The van der Waals surface area contributed by atoms with Gasteiger partial charge in [0.2, 0.25) is 6.34 Å². The monoisotopic (exact) mass is 392 g/mol. The molecule has 0 aromatic heterocycles. The van der Waals surface area contributed by atoms with Gasteiger partial charge in [0.1, 0.15) is 12.1 Å². The molecule has 0 saturated carbocycles. The number of nitrogens with zero attached hydrogens (tertiary/aromatic N) is 2. The van der Waals surface area contributed by atoms with Crippen molar-refractivity contribution in [3.8, 4) is 0 Å². The van der Waals surface area contributed by atoms with Gasteiger partial charge in [-0.1, -0.05) is 60.7 Å². The van der Waals surface area contributed by atoms with Gasteiger partial charge < -0.3 is 17.3 Å². The Kier molecular flexibility index (Phi) is 6.76. The summed E-state index contributed by atoms with van der Waals surface area (Å²) in [5.74, 6) is 0. The van der Waals surface area contributed by atoms with E-state index in [-0.39, 0.29) is 0 Å². The molecule has 2 aliphatic rings. The molecule has 28 heavy (non-hydrogen) atoms. The van der Waals surface area contributed by atoms with E-state index in [1.807, 2.05) is 0 Å². The van der Waals surface area contributed by atoms with Crippen molar-refractivity contribution in [2.45, 2.75) is 37.8 Å². The molecule has 0 spiro atoms. The third-order valence-corrected chi connectivity index (χ3v) is 5.24. The zero-order valence-corrected chi connectivity index (χ0v) is 15.7.